The summed E-state index contributed by atoms with van der Waals surface area (Å²) in [7, 11) is -2.89. The number of carbonyl (C=O) groups excluding carboxylic acids is 5. The molecule has 5 amide bonds. The van der Waals surface area contributed by atoms with Crippen LogP contribution in [0.1, 0.15) is 61.3 Å². The first kappa shape index (κ1) is 46.0. The van der Waals surface area contributed by atoms with Gasteiger partial charge in [-0.25, -0.2) is 22.9 Å². The summed E-state index contributed by atoms with van der Waals surface area (Å²) in [5.74, 6) is -2.34. The Hall–Kier alpha value is -6.49. The lowest BCUT2D eigenvalue weighted by atomic mass is 9.85. The molecule has 63 heavy (non-hydrogen) atoms. The number of fused-ring (bicyclic) bond motifs is 1. The van der Waals surface area contributed by atoms with E-state index in [2.05, 4.69) is 27.3 Å². The van der Waals surface area contributed by atoms with E-state index in [1.54, 1.807) is 66.9 Å². The maximum absolute atomic E-state index is 14.8. The first-order valence-corrected chi connectivity index (χ1v) is 21.9. The number of alkyl carbamates (subject to hydrolysis) is 1. The third-order valence-electron chi connectivity index (χ3n) is 10.7. The molecule has 1 unspecified atom stereocenters. The van der Waals surface area contributed by atoms with Crippen LogP contribution in [0.3, 0.4) is 0 Å². The molecule has 1 aromatic heterocycles. The number of rotatable bonds is 13. The van der Waals surface area contributed by atoms with Crippen LogP contribution in [0, 0.1) is 11.3 Å². The minimum atomic E-state index is -4.45. The zero-order chi connectivity index (χ0) is 46.1. The van der Waals surface area contributed by atoms with Gasteiger partial charge in [-0.1, -0.05) is 57.2 Å². The second-order valence-electron chi connectivity index (χ2n) is 17.8. The Kier molecular flexibility index (Phi) is 12.9. The zero-order valence-electron chi connectivity index (χ0n) is 36.6. The highest BCUT2D eigenvalue weighted by Gasteiger charge is 2.61. The van der Waals surface area contributed by atoms with Gasteiger partial charge in [0.1, 0.15) is 40.8 Å². The van der Waals surface area contributed by atoms with Crippen molar-refractivity contribution in [3.63, 3.8) is 0 Å². The van der Waals surface area contributed by atoms with Crippen molar-refractivity contribution in [1.29, 1.82) is 0 Å². The van der Waals surface area contributed by atoms with Gasteiger partial charge in [-0.3, -0.25) is 19.2 Å². The maximum atomic E-state index is 14.8. The van der Waals surface area contributed by atoms with E-state index in [1.807, 2.05) is 36.4 Å². The number of carbonyl (C=O) groups is 5. The quantitative estimate of drug-likeness (QED) is 0.119. The number of ether oxygens (including phenoxy) is 3. The second-order valence-corrected chi connectivity index (χ2v) is 19.5. The van der Waals surface area contributed by atoms with Crippen molar-refractivity contribution in [3.05, 3.63) is 91.5 Å². The predicted molar refractivity (Wildman–Crippen MR) is 236 cm³/mol. The highest BCUT2D eigenvalue weighted by Crippen LogP contribution is 2.45. The molecule has 17 heteroatoms. The standard InChI is InChI=1S/C46H54N6O10S/c1-10-29-25-46(29,42(56)51-63(58,59)33-19-16-30(17-20-33)47-27(2)53)50-40(54)37-23-32(26-52(37)41(55)39(44(3,4)5)49-43(57)62-45(6,7)8)61-38-24-35(28-14-12-11-13-15-28)48-36-22-31(60-9)18-21-34(36)38/h10-22,24,29,32,37,39H,1,23,25-26H2,2-9H3,(H,47,53)(H,49,57)(H,50,54)(H,51,56)/t29?,32-,37+,39-,46-/m1/s1. The first-order valence-electron chi connectivity index (χ1n) is 20.4. The number of amides is 5. The summed E-state index contributed by atoms with van der Waals surface area (Å²) >= 11 is 0. The first-order chi connectivity index (χ1) is 29.5. The van der Waals surface area contributed by atoms with Gasteiger partial charge in [0, 0.05) is 48.0 Å². The monoisotopic (exact) mass is 882 g/mol. The van der Waals surface area contributed by atoms with Gasteiger partial charge in [0.2, 0.25) is 17.7 Å². The van der Waals surface area contributed by atoms with E-state index in [0.717, 1.165) is 5.56 Å². The molecule has 6 rings (SSSR count). The van der Waals surface area contributed by atoms with Crippen LogP contribution in [-0.4, -0.2) is 91.0 Å². The molecule has 0 spiro atoms. The van der Waals surface area contributed by atoms with Gasteiger partial charge in [-0.05, 0) is 69.0 Å². The van der Waals surface area contributed by atoms with E-state index >= 15 is 0 Å². The minimum Gasteiger partial charge on any atom is -0.497 e. The summed E-state index contributed by atoms with van der Waals surface area (Å²) in [4.78, 5) is 74.0. The number of likely N-dealkylation sites (tertiary alicyclic amines) is 1. The van der Waals surface area contributed by atoms with Gasteiger partial charge >= 0.3 is 6.09 Å². The van der Waals surface area contributed by atoms with Gasteiger partial charge in [0.15, 0.2) is 0 Å². The van der Waals surface area contributed by atoms with Gasteiger partial charge in [-0.2, -0.15) is 0 Å². The Morgan fingerprint density at radius 1 is 0.952 bits per heavy atom. The van der Waals surface area contributed by atoms with E-state index in [9.17, 15) is 32.4 Å². The summed E-state index contributed by atoms with van der Waals surface area (Å²) < 4.78 is 46.7. The number of benzene rings is 3. The van der Waals surface area contributed by atoms with Crippen molar-refractivity contribution < 1.29 is 46.6 Å². The Bertz CT molecular complexity index is 2540. The van der Waals surface area contributed by atoms with Crippen molar-refractivity contribution in [2.24, 2.45) is 11.3 Å². The summed E-state index contributed by atoms with van der Waals surface area (Å²) in [5, 5.41) is 8.70. The van der Waals surface area contributed by atoms with Crippen LogP contribution < -0.4 is 30.1 Å². The molecule has 2 fully saturated rings. The van der Waals surface area contributed by atoms with Crippen molar-refractivity contribution in [2.45, 2.75) is 95.5 Å². The number of nitrogens with zero attached hydrogens (tertiary/aromatic N) is 2. The maximum Gasteiger partial charge on any atom is 0.408 e. The van der Waals surface area contributed by atoms with Crippen LogP contribution in [0.4, 0.5) is 10.5 Å². The van der Waals surface area contributed by atoms with Crippen LogP contribution in [0.2, 0.25) is 0 Å². The zero-order valence-corrected chi connectivity index (χ0v) is 37.4. The van der Waals surface area contributed by atoms with Crippen molar-refractivity contribution >= 4 is 56.3 Å². The lowest BCUT2D eigenvalue weighted by molar-refractivity contribution is -0.143. The van der Waals surface area contributed by atoms with Crippen LogP contribution in [0.15, 0.2) is 96.4 Å². The Labute approximate surface area is 367 Å². The lowest BCUT2D eigenvalue weighted by Gasteiger charge is -2.36. The molecule has 4 N–H and O–H groups in total. The third-order valence-corrected chi connectivity index (χ3v) is 12.1. The van der Waals surface area contributed by atoms with Crippen LogP contribution in [0.5, 0.6) is 11.5 Å². The normalized spacial score (nSPS) is 20.2. The molecule has 5 atom stereocenters. The molecule has 2 aliphatic rings. The lowest BCUT2D eigenvalue weighted by Crippen LogP contribution is -2.60. The molecule has 1 saturated carbocycles. The van der Waals surface area contributed by atoms with Gasteiger partial charge < -0.3 is 35.1 Å². The number of methoxy groups -OCH3 is 1. The fourth-order valence-corrected chi connectivity index (χ4v) is 8.52. The number of aromatic nitrogens is 1. The summed E-state index contributed by atoms with van der Waals surface area (Å²) in [6, 6.07) is 19.4. The topological polar surface area (TPSA) is 211 Å². The molecule has 4 aromatic rings. The molecule has 16 nitrogen and oxygen atoms in total. The number of pyridine rings is 1. The number of hydrogen-bond acceptors (Lipinski definition) is 11. The molecule has 1 aliphatic carbocycles. The third kappa shape index (κ3) is 10.6. The minimum absolute atomic E-state index is 0.0329. The van der Waals surface area contributed by atoms with E-state index in [-0.39, 0.29) is 30.2 Å². The molecule has 3 aromatic carbocycles. The molecule has 0 bridgehead atoms. The van der Waals surface area contributed by atoms with E-state index in [4.69, 9.17) is 19.2 Å². The number of anilines is 1. The number of nitrogens with one attached hydrogen (secondary N) is 4. The average Bonchev–Trinajstić information content (AvgIpc) is 3.77. The fraction of sp³-hybridized carbons (Fsp3) is 0.391. The molecular formula is C46H54N6O10S. The van der Waals surface area contributed by atoms with Crippen molar-refractivity contribution in [3.8, 4) is 22.8 Å². The van der Waals surface area contributed by atoms with Gasteiger partial charge in [0.05, 0.1) is 29.8 Å². The Morgan fingerprint density at radius 2 is 1.63 bits per heavy atom. The number of hydrogen-bond donors (Lipinski definition) is 4. The Morgan fingerprint density at radius 3 is 2.22 bits per heavy atom. The SMILES string of the molecule is C=CC1C[C@]1(NC(=O)[C@@H]1C[C@@H](Oc2cc(-c3ccccc3)nc3cc(OC)ccc23)CN1C(=O)[C@@H](NC(=O)OC(C)(C)C)C(C)(C)C)C(=O)NS(=O)(=O)c1ccc(NC(C)=O)cc1. The summed E-state index contributed by atoms with van der Waals surface area (Å²) in [5.41, 5.74) is -1.11. The molecule has 1 aliphatic heterocycles. The smallest absolute Gasteiger partial charge is 0.408 e. The largest absolute Gasteiger partial charge is 0.497 e. The molecule has 0 radical (unpaired) electrons. The molecule has 1 saturated heterocycles. The molecule has 334 valence electrons. The highest BCUT2D eigenvalue weighted by molar-refractivity contribution is 7.90. The van der Waals surface area contributed by atoms with Crippen molar-refractivity contribution in [1.82, 2.24) is 25.2 Å². The highest BCUT2D eigenvalue weighted by atomic mass is 32.2. The molecular weight excluding hydrogens is 829 g/mol. The fourth-order valence-electron chi connectivity index (χ4n) is 7.48. The summed E-state index contributed by atoms with van der Waals surface area (Å²) in [6.07, 6.45) is -0.179. The van der Waals surface area contributed by atoms with Crippen molar-refractivity contribution in [2.75, 3.05) is 19.0 Å². The van der Waals surface area contributed by atoms with Crippen LogP contribution in [0.25, 0.3) is 22.2 Å². The van der Waals surface area contributed by atoms with Crippen LogP contribution >= 0.6 is 0 Å². The average molecular weight is 883 g/mol. The Balaban J connectivity index is 1.33. The van der Waals surface area contributed by atoms with Crippen LogP contribution in [-0.2, 0) is 33.9 Å². The van der Waals surface area contributed by atoms with E-state index in [0.29, 0.717) is 33.8 Å². The van der Waals surface area contributed by atoms with Gasteiger partial charge in [0.25, 0.3) is 15.9 Å². The summed E-state index contributed by atoms with van der Waals surface area (Å²) in [6.45, 7) is 15.4. The number of sulfonamides is 1. The van der Waals surface area contributed by atoms with E-state index < -0.39 is 74.5 Å². The van der Waals surface area contributed by atoms with E-state index in [1.165, 1.54) is 42.2 Å². The second kappa shape index (κ2) is 17.7. The molecule has 2 heterocycles. The van der Waals surface area contributed by atoms with Gasteiger partial charge in [-0.15, -0.1) is 6.58 Å². The predicted octanol–water partition coefficient (Wildman–Crippen LogP) is 5.72.